The van der Waals surface area contributed by atoms with Crippen molar-refractivity contribution >= 4 is 22.5 Å². The van der Waals surface area contributed by atoms with Crippen LogP contribution in [-0.2, 0) is 11.3 Å². The predicted octanol–water partition coefficient (Wildman–Crippen LogP) is 3.70. The number of hydrogen-bond donors (Lipinski definition) is 1. The van der Waals surface area contributed by atoms with Crippen LogP contribution in [0.5, 0.6) is 0 Å². The summed E-state index contributed by atoms with van der Waals surface area (Å²) in [5.41, 5.74) is 2.91. The van der Waals surface area contributed by atoms with E-state index >= 15 is 0 Å². The fourth-order valence-corrected chi connectivity index (χ4v) is 2.71. The van der Waals surface area contributed by atoms with Crippen molar-refractivity contribution in [3.63, 3.8) is 0 Å². The van der Waals surface area contributed by atoms with E-state index in [1.54, 1.807) is 6.20 Å². The first-order valence-electron chi connectivity index (χ1n) is 8.17. The van der Waals surface area contributed by atoms with Crippen LogP contribution in [0.4, 0.5) is 5.69 Å². The summed E-state index contributed by atoms with van der Waals surface area (Å²) in [7, 11) is 0. The molecule has 3 aromatic rings. The van der Waals surface area contributed by atoms with E-state index in [9.17, 15) is 4.79 Å². The molecule has 0 aliphatic rings. The fraction of sp³-hybridized carbons (Fsp3) is 0.200. The molecule has 0 unspecified atom stereocenters. The number of carbonyl (C=O) groups excluding carboxylic acids is 1. The maximum Gasteiger partial charge on any atom is 0.242 e. The van der Waals surface area contributed by atoms with Crippen LogP contribution in [0, 0.1) is 0 Å². The Morgan fingerprint density at radius 2 is 1.83 bits per heavy atom. The highest BCUT2D eigenvalue weighted by atomic mass is 16.2. The van der Waals surface area contributed by atoms with Crippen LogP contribution in [0.2, 0.25) is 0 Å². The van der Waals surface area contributed by atoms with E-state index in [1.165, 1.54) is 0 Å². The summed E-state index contributed by atoms with van der Waals surface area (Å²) in [4.78, 5) is 18.8. The zero-order valence-electron chi connectivity index (χ0n) is 13.8. The maximum atomic E-state index is 12.5. The first-order valence-corrected chi connectivity index (χ1v) is 8.17. The molecule has 0 saturated heterocycles. The summed E-state index contributed by atoms with van der Waals surface area (Å²) < 4.78 is 0. The van der Waals surface area contributed by atoms with Crippen molar-refractivity contribution in [2.45, 2.75) is 13.5 Å². The fourth-order valence-electron chi connectivity index (χ4n) is 2.71. The lowest BCUT2D eigenvalue weighted by atomic mass is 10.2. The third-order valence-corrected chi connectivity index (χ3v) is 4.01. The van der Waals surface area contributed by atoms with Gasteiger partial charge < -0.3 is 10.2 Å². The van der Waals surface area contributed by atoms with Gasteiger partial charge in [0.1, 0.15) is 0 Å². The minimum absolute atomic E-state index is 0.0780. The third kappa shape index (κ3) is 3.71. The molecule has 122 valence electrons. The van der Waals surface area contributed by atoms with Crippen molar-refractivity contribution < 1.29 is 4.79 Å². The second-order valence-corrected chi connectivity index (χ2v) is 5.63. The second-order valence-electron chi connectivity index (χ2n) is 5.63. The highest BCUT2D eigenvalue weighted by molar-refractivity contribution is 5.92. The second kappa shape index (κ2) is 7.59. The Labute approximate surface area is 142 Å². The molecule has 0 radical (unpaired) electrons. The molecule has 0 saturated carbocycles. The van der Waals surface area contributed by atoms with E-state index < -0.39 is 0 Å². The van der Waals surface area contributed by atoms with Crippen molar-refractivity contribution in [1.29, 1.82) is 0 Å². The Morgan fingerprint density at radius 3 is 2.62 bits per heavy atom. The van der Waals surface area contributed by atoms with Crippen LogP contribution < -0.4 is 5.32 Å². The molecule has 1 amide bonds. The molecule has 0 bridgehead atoms. The molecule has 2 aromatic carbocycles. The molecule has 0 fully saturated rings. The first-order chi connectivity index (χ1) is 11.8. The molecule has 1 aromatic heterocycles. The summed E-state index contributed by atoms with van der Waals surface area (Å²) in [5, 5.41) is 4.30. The van der Waals surface area contributed by atoms with Gasteiger partial charge in [-0.1, -0.05) is 48.5 Å². The van der Waals surface area contributed by atoms with Crippen molar-refractivity contribution in [3.8, 4) is 0 Å². The molecule has 0 atom stereocenters. The lowest BCUT2D eigenvalue weighted by Crippen LogP contribution is -2.35. The number of benzene rings is 2. The van der Waals surface area contributed by atoms with E-state index in [4.69, 9.17) is 0 Å². The highest BCUT2D eigenvalue weighted by Crippen LogP contribution is 2.20. The molecule has 0 aliphatic carbocycles. The lowest BCUT2D eigenvalue weighted by Gasteiger charge is -2.21. The number of aromatic nitrogens is 1. The van der Waals surface area contributed by atoms with Crippen molar-refractivity contribution in [1.82, 2.24) is 9.88 Å². The van der Waals surface area contributed by atoms with Gasteiger partial charge in [0.15, 0.2) is 0 Å². The van der Waals surface area contributed by atoms with E-state index in [1.807, 2.05) is 72.5 Å². The number of hydrogen-bond acceptors (Lipinski definition) is 3. The Kier molecular flexibility index (Phi) is 5.06. The molecule has 24 heavy (non-hydrogen) atoms. The van der Waals surface area contributed by atoms with Gasteiger partial charge in [0, 0.05) is 24.7 Å². The summed E-state index contributed by atoms with van der Waals surface area (Å²) >= 11 is 0. The summed E-state index contributed by atoms with van der Waals surface area (Å²) in [5.74, 6) is 0.0780. The monoisotopic (exact) mass is 319 g/mol. The standard InChI is InChI=1S/C20H21N3O/c1-2-23(15-16-8-4-3-5-9-16)19(24)14-22-18-12-6-10-17-11-7-13-21-20(17)18/h3-13,22H,2,14-15H2,1H3. The SMILES string of the molecule is CCN(Cc1ccccc1)C(=O)CNc1cccc2cccnc12. The Balaban J connectivity index is 1.67. The summed E-state index contributed by atoms with van der Waals surface area (Å²) in [6.07, 6.45) is 1.77. The van der Waals surface area contributed by atoms with Gasteiger partial charge in [0.05, 0.1) is 17.7 Å². The number of carbonyl (C=O) groups is 1. The van der Waals surface area contributed by atoms with Gasteiger partial charge in [-0.15, -0.1) is 0 Å². The number of likely N-dealkylation sites (N-methyl/N-ethyl adjacent to an activating group) is 1. The molecule has 1 heterocycles. The van der Waals surface area contributed by atoms with Crippen LogP contribution in [0.1, 0.15) is 12.5 Å². The smallest absolute Gasteiger partial charge is 0.242 e. The van der Waals surface area contributed by atoms with Gasteiger partial charge in [-0.25, -0.2) is 0 Å². The highest BCUT2D eigenvalue weighted by Gasteiger charge is 2.12. The number of rotatable bonds is 6. The topological polar surface area (TPSA) is 45.2 Å². The average molecular weight is 319 g/mol. The quantitative estimate of drug-likeness (QED) is 0.753. The Morgan fingerprint density at radius 1 is 1.04 bits per heavy atom. The van der Waals surface area contributed by atoms with E-state index in [0.717, 1.165) is 22.2 Å². The number of fused-ring (bicyclic) bond motifs is 1. The number of nitrogens with zero attached hydrogens (tertiary/aromatic N) is 2. The number of anilines is 1. The van der Waals surface area contributed by atoms with Crippen LogP contribution >= 0.6 is 0 Å². The van der Waals surface area contributed by atoms with Gasteiger partial charge in [0.2, 0.25) is 5.91 Å². The van der Waals surface area contributed by atoms with Crippen molar-refractivity contribution in [2.75, 3.05) is 18.4 Å². The maximum absolute atomic E-state index is 12.5. The summed E-state index contributed by atoms with van der Waals surface area (Å²) in [6, 6.07) is 19.9. The van der Waals surface area contributed by atoms with Gasteiger partial charge >= 0.3 is 0 Å². The van der Waals surface area contributed by atoms with Crippen molar-refractivity contribution in [2.24, 2.45) is 0 Å². The van der Waals surface area contributed by atoms with Crippen LogP contribution in [0.15, 0.2) is 66.9 Å². The van der Waals surface area contributed by atoms with Crippen molar-refractivity contribution in [3.05, 3.63) is 72.4 Å². The van der Waals surface area contributed by atoms with Crippen LogP contribution in [0.3, 0.4) is 0 Å². The van der Waals surface area contributed by atoms with Gasteiger partial charge in [0.25, 0.3) is 0 Å². The number of pyridine rings is 1. The zero-order chi connectivity index (χ0) is 16.8. The molecular weight excluding hydrogens is 298 g/mol. The van der Waals surface area contributed by atoms with E-state index in [2.05, 4.69) is 10.3 Å². The lowest BCUT2D eigenvalue weighted by molar-refractivity contribution is -0.129. The predicted molar refractivity (Wildman–Crippen MR) is 97.8 cm³/mol. The molecule has 4 nitrogen and oxygen atoms in total. The van der Waals surface area contributed by atoms with Crippen LogP contribution in [-0.4, -0.2) is 28.9 Å². The largest absolute Gasteiger partial charge is 0.374 e. The van der Waals surface area contributed by atoms with Gasteiger partial charge in [-0.3, -0.25) is 9.78 Å². The zero-order valence-corrected chi connectivity index (χ0v) is 13.8. The number of nitrogens with one attached hydrogen (secondary N) is 1. The molecular formula is C20H21N3O. The molecule has 3 rings (SSSR count). The molecule has 1 N–H and O–H groups in total. The van der Waals surface area contributed by atoms with E-state index in [-0.39, 0.29) is 12.5 Å². The minimum Gasteiger partial charge on any atom is -0.374 e. The molecule has 0 aliphatic heterocycles. The minimum atomic E-state index is 0.0780. The molecule has 0 spiro atoms. The van der Waals surface area contributed by atoms with Gasteiger partial charge in [-0.2, -0.15) is 0 Å². The average Bonchev–Trinajstić information content (AvgIpc) is 2.65. The third-order valence-electron chi connectivity index (χ3n) is 4.01. The number of para-hydroxylation sites is 1. The first kappa shape index (κ1) is 16.0. The normalized spacial score (nSPS) is 10.5. The van der Waals surface area contributed by atoms with E-state index in [0.29, 0.717) is 13.1 Å². The number of amides is 1. The Hall–Kier alpha value is -2.88. The van der Waals surface area contributed by atoms with Gasteiger partial charge in [-0.05, 0) is 24.6 Å². The summed E-state index contributed by atoms with van der Waals surface area (Å²) in [6.45, 7) is 3.57. The Bertz CT molecular complexity index is 812. The van der Waals surface area contributed by atoms with Crippen LogP contribution in [0.25, 0.3) is 10.9 Å². The molecule has 4 heteroatoms.